The van der Waals surface area contributed by atoms with Crippen molar-refractivity contribution in [2.45, 2.75) is 13.3 Å². The number of nitrogens with zero attached hydrogens (tertiary/aromatic N) is 1. The van der Waals surface area contributed by atoms with Gasteiger partial charge in [-0.2, -0.15) is 4.39 Å². The van der Waals surface area contributed by atoms with Gasteiger partial charge in [-0.25, -0.2) is 0 Å². The summed E-state index contributed by atoms with van der Waals surface area (Å²) >= 11 is 0. The Kier molecular flexibility index (Phi) is 3.80. The predicted octanol–water partition coefficient (Wildman–Crippen LogP) is 2.55. The maximum Gasteiger partial charge on any atom is 0.313 e. The number of hydrogen-bond acceptors (Lipinski definition) is 3. The van der Waals surface area contributed by atoms with E-state index in [1.54, 1.807) is 0 Å². The van der Waals surface area contributed by atoms with Gasteiger partial charge in [-0.05, 0) is 25.0 Å². The molecule has 18 heavy (non-hydrogen) atoms. The van der Waals surface area contributed by atoms with Gasteiger partial charge in [0, 0.05) is 6.07 Å². The molecule has 96 valence electrons. The van der Waals surface area contributed by atoms with Crippen LogP contribution < -0.4 is 0 Å². The Bertz CT molecular complexity index is 515. The van der Waals surface area contributed by atoms with Crippen LogP contribution in [0.15, 0.2) is 30.9 Å². The monoisotopic (exact) mass is 253 g/mol. The van der Waals surface area contributed by atoms with E-state index in [9.17, 15) is 19.3 Å². The second-order valence-corrected chi connectivity index (χ2v) is 4.15. The highest BCUT2D eigenvalue weighted by Gasteiger charge is 2.30. The van der Waals surface area contributed by atoms with Crippen molar-refractivity contribution in [2.75, 3.05) is 0 Å². The highest BCUT2D eigenvalue weighted by Crippen LogP contribution is 2.26. The number of carboxylic acids is 1. The lowest BCUT2D eigenvalue weighted by Gasteiger charge is -2.20. The molecule has 0 aliphatic carbocycles. The first-order valence-corrected chi connectivity index (χ1v) is 5.10. The number of aliphatic carboxylic acids is 1. The molecule has 0 spiro atoms. The molecule has 0 fully saturated rings. The number of carbonyl (C=O) groups is 1. The summed E-state index contributed by atoms with van der Waals surface area (Å²) in [4.78, 5) is 20.7. The van der Waals surface area contributed by atoms with Crippen LogP contribution in [-0.2, 0) is 11.2 Å². The molecule has 0 amide bonds. The van der Waals surface area contributed by atoms with Crippen molar-refractivity contribution >= 4 is 11.7 Å². The molecule has 1 aromatic rings. The van der Waals surface area contributed by atoms with Gasteiger partial charge in [-0.3, -0.25) is 14.9 Å². The van der Waals surface area contributed by atoms with E-state index >= 15 is 0 Å². The zero-order valence-corrected chi connectivity index (χ0v) is 9.72. The maximum atomic E-state index is 13.4. The van der Waals surface area contributed by atoms with Crippen molar-refractivity contribution in [3.05, 3.63) is 52.3 Å². The minimum absolute atomic E-state index is 0.0146. The van der Waals surface area contributed by atoms with Crippen LogP contribution in [0.4, 0.5) is 10.1 Å². The number of benzene rings is 1. The quantitative estimate of drug-likeness (QED) is 0.496. The molecule has 1 atom stereocenters. The van der Waals surface area contributed by atoms with Gasteiger partial charge < -0.3 is 5.11 Å². The van der Waals surface area contributed by atoms with Crippen molar-refractivity contribution in [1.29, 1.82) is 0 Å². The Labute approximate surface area is 103 Å². The van der Waals surface area contributed by atoms with E-state index in [-0.39, 0.29) is 6.42 Å². The van der Waals surface area contributed by atoms with Crippen LogP contribution in [0.5, 0.6) is 0 Å². The van der Waals surface area contributed by atoms with Gasteiger partial charge in [-0.1, -0.05) is 12.1 Å². The summed E-state index contributed by atoms with van der Waals surface area (Å²) in [5.74, 6) is -2.06. The van der Waals surface area contributed by atoms with Crippen molar-refractivity contribution in [3.63, 3.8) is 0 Å². The number of carboxylic acid groups (broad SMARTS) is 1. The van der Waals surface area contributed by atoms with Crippen LogP contribution >= 0.6 is 0 Å². The first kappa shape index (κ1) is 13.8. The van der Waals surface area contributed by atoms with Crippen LogP contribution in [0.2, 0.25) is 0 Å². The molecular weight excluding hydrogens is 241 g/mol. The zero-order valence-electron chi connectivity index (χ0n) is 9.72. The van der Waals surface area contributed by atoms with Crippen molar-refractivity contribution in [3.8, 4) is 0 Å². The van der Waals surface area contributed by atoms with Gasteiger partial charge >= 0.3 is 11.7 Å². The number of nitro benzene ring substituents is 1. The molecular formula is C12H12FNO4. The average molecular weight is 253 g/mol. The Balaban J connectivity index is 3.07. The molecule has 0 radical (unpaired) electrons. The molecule has 0 aliphatic rings. The second-order valence-electron chi connectivity index (χ2n) is 4.15. The lowest BCUT2D eigenvalue weighted by molar-refractivity contribution is -0.387. The largest absolute Gasteiger partial charge is 0.481 e. The van der Waals surface area contributed by atoms with Gasteiger partial charge in [0.1, 0.15) is 0 Å². The van der Waals surface area contributed by atoms with E-state index in [0.29, 0.717) is 5.56 Å². The fourth-order valence-electron chi connectivity index (χ4n) is 1.47. The van der Waals surface area contributed by atoms with Crippen LogP contribution in [0.3, 0.4) is 0 Å². The molecule has 0 bridgehead atoms. The van der Waals surface area contributed by atoms with Crippen molar-refractivity contribution in [1.82, 2.24) is 0 Å². The summed E-state index contributed by atoms with van der Waals surface area (Å²) < 4.78 is 13.4. The van der Waals surface area contributed by atoms with Gasteiger partial charge in [0.2, 0.25) is 5.82 Å². The predicted molar refractivity (Wildman–Crippen MR) is 62.7 cm³/mol. The normalized spacial score (nSPS) is 13.7. The van der Waals surface area contributed by atoms with E-state index in [0.717, 1.165) is 12.1 Å². The van der Waals surface area contributed by atoms with Gasteiger partial charge in [0.15, 0.2) is 0 Å². The molecule has 0 aromatic heterocycles. The smallest absolute Gasteiger partial charge is 0.313 e. The molecule has 6 heteroatoms. The van der Waals surface area contributed by atoms with E-state index in [1.807, 2.05) is 0 Å². The summed E-state index contributed by atoms with van der Waals surface area (Å²) in [5.41, 5.74) is -1.50. The van der Waals surface area contributed by atoms with E-state index in [1.165, 1.54) is 19.1 Å². The summed E-state index contributed by atoms with van der Waals surface area (Å²) in [7, 11) is 0. The minimum Gasteiger partial charge on any atom is -0.481 e. The Hall–Kier alpha value is -2.24. The van der Waals surface area contributed by atoms with Crippen LogP contribution in [0.1, 0.15) is 12.5 Å². The van der Waals surface area contributed by atoms with E-state index in [4.69, 9.17) is 5.11 Å². The molecule has 0 aliphatic heterocycles. The number of halogens is 1. The molecule has 0 heterocycles. The van der Waals surface area contributed by atoms with Crippen LogP contribution in [0, 0.1) is 21.3 Å². The van der Waals surface area contributed by atoms with E-state index < -0.39 is 27.8 Å². The lowest BCUT2D eigenvalue weighted by Crippen LogP contribution is -2.27. The third-order valence-electron chi connectivity index (χ3n) is 2.72. The number of rotatable bonds is 5. The SMILES string of the molecule is C=CC(C)(Cc1ccc([N+](=O)[O-])c(F)c1)C(=O)O. The molecule has 1 aromatic carbocycles. The molecule has 1 N–H and O–H groups in total. The van der Waals surface area contributed by atoms with Crippen LogP contribution in [0.25, 0.3) is 0 Å². The molecule has 5 nitrogen and oxygen atoms in total. The van der Waals surface area contributed by atoms with Crippen LogP contribution in [-0.4, -0.2) is 16.0 Å². The fourth-order valence-corrected chi connectivity index (χ4v) is 1.47. The Morgan fingerprint density at radius 2 is 2.28 bits per heavy atom. The average Bonchev–Trinajstić information content (AvgIpc) is 2.28. The van der Waals surface area contributed by atoms with Crippen molar-refractivity contribution in [2.24, 2.45) is 5.41 Å². The first-order chi connectivity index (χ1) is 8.30. The maximum absolute atomic E-state index is 13.4. The third-order valence-corrected chi connectivity index (χ3v) is 2.72. The van der Waals surface area contributed by atoms with Gasteiger partial charge in [0.05, 0.1) is 10.3 Å². The highest BCUT2D eigenvalue weighted by atomic mass is 19.1. The zero-order chi connectivity index (χ0) is 13.9. The standard InChI is InChI=1S/C12H12FNO4/c1-3-12(2,11(15)16)7-8-4-5-10(14(17)18)9(13)6-8/h3-6H,1,7H2,2H3,(H,15,16). The van der Waals surface area contributed by atoms with Gasteiger partial charge in [-0.15, -0.1) is 6.58 Å². The topological polar surface area (TPSA) is 80.4 Å². The molecule has 0 saturated heterocycles. The first-order valence-electron chi connectivity index (χ1n) is 5.10. The Morgan fingerprint density at radius 1 is 1.67 bits per heavy atom. The summed E-state index contributed by atoms with van der Waals surface area (Å²) in [6.07, 6.45) is 1.27. The third kappa shape index (κ3) is 2.71. The molecule has 0 saturated carbocycles. The fraction of sp³-hybridized carbons (Fsp3) is 0.250. The number of nitro groups is 1. The van der Waals surface area contributed by atoms with Crippen molar-refractivity contribution < 1.29 is 19.2 Å². The minimum atomic E-state index is -1.23. The lowest BCUT2D eigenvalue weighted by atomic mass is 9.84. The van der Waals surface area contributed by atoms with Gasteiger partial charge in [0.25, 0.3) is 0 Å². The Morgan fingerprint density at radius 3 is 2.67 bits per heavy atom. The highest BCUT2D eigenvalue weighted by molar-refractivity contribution is 5.76. The molecule has 1 unspecified atom stereocenters. The summed E-state index contributed by atoms with van der Waals surface area (Å²) in [6, 6.07) is 3.34. The van der Waals surface area contributed by atoms with E-state index in [2.05, 4.69) is 6.58 Å². The summed E-state index contributed by atoms with van der Waals surface area (Å²) in [5, 5.41) is 19.5. The molecule has 1 rings (SSSR count). The summed E-state index contributed by atoms with van der Waals surface area (Å²) in [6.45, 7) is 4.88. The number of hydrogen-bond donors (Lipinski definition) is 1. The second kappa shape index (κ2) is 4.95.